The van der Waals surface area contributed by atoms with Crippen molar-refractivity contribution in [3.05, 3.63) is 36.5 Å². The van der Waals surface area contributed by atoms with Crippen LogP contribution < -0.4 is 5.32 Å². The molecule has 0 aliphatic heterocycles. The van der Waals surface area contributed by atoms with Crippen molar-refractivity contribution in [3.63, 3.8) is 0 Å². The number of unbranched alkanes of at least 4 members (excludes halogenated alkanes) is 23. The minimum Gasteiger partial charge on any atom is -0.387 e. The van der Waals surface area contributed by atoms with Crippen molar-refractivity contribution >= 4 is 16.0 Å². The van der Waals surface area contributed by atoms with E-state index < -0.39 is 40.0 Å². The van der Waals surface area contributed by atoms with Crippen molar-refractivity contribution in [1.82, 2.24) is 5.32 Å². The summed E-state index contributed by atoms with van der Waals surface area (Å²) in [7, 11) is -4.45. The van der Waals surface area contributed by atoms with Gasteiger partial charge in [0.1, 0.15) is 6.10 Å². The molecule has 7 nitrogen and oxygen atoms in total. The van der Waals surface area contributed by atoms with Gasteiger partial charge in [-0.15, -0.1) is 0 Å². The third-order valence-corrected chi connectivity index (χ3v) is 9.94. The van der Waals surface area contributed by atoms with Crippen LogP contribution in [0, 0.1) is 0 Å². The van der Waals surface area contributed by atoms with Gasteiger partial charge in [-0.2, -0.15) is 8.42 Å². The van der Waals surface area contributed by atoms with Gasteiger partial charge in [0.25, 0.3) is 10.1 Å². The van der Waals surface area contributed by atoms with Gasteiger partial charge in [-0.3, -0.25) is 9.35 Å². The Bertz CT molecular complexity index is 932. The largest absolute Gasteiger partial charge is 0.387 e. The molecule has 49 heavy (non-hydrogen) atoms. The van der Waals surface area contributed by atoms with Gasteiger partial charge in [-0.1, -0.05) is 185 Å². The van der Waals surface area contributed by atoms with E-state index in [1.54, 1.807) is 6.08 Å². The zero-order chi connectivity index (χ0) is 36.3. The van der Waals surface area contributed by atoms with Crippen molar-refractivity contribution in [2.24, 2.45) is 0 Å². The molecule has 0 saturated carbocycles. The van der Waals surface area contributed by atoms with Gasteiger partial charge in [0, 0.05) is 0 Å². The molecule has 0 aromatic heterocycles. The maximum Gasteiger partial charge on any atom is 0.267 e. The van der Waals surface area contributed by atoms with Crippen LogP contribution in [0.15, 0.2) is 36.5 Å². The Morgan fingerprint density at radius 2 is 0.918 bits per heavy atom. The van der Waals surface area contributed by atoms with E-state index in [-0.39, 0.29) is 6.42 Å². The number of carbonyl (C=O) groups excluding carboxylic acids is 1. The molecule has 0 aromatic carbocycles. The number of aliphatic hydroxyl groups is 2. The number of amides is 1. The number of rotatable bonds is 36. The molecule has 3 unspecified atom stereocenters. The third kappa shape index (κ3) is 34.7. The van der Waals surface area contributed by atoms with Crippen LogP contribution in [-0.4, -0.2) is 53.1 Å². The summed E-state index contributed by atoms with van der Waals surface area (Å²) >= 11 is 0. The molecule has 0 spiro atoms. The average molecular weight is 712 g/mol. The van der Waals surface area contributed by atoms with Crippen LogP contribution >= 0.6 is 0 Å². The fraction of sp³-hybridized carbons (Fsp3) is 0.829. The van der Waals surface area contributed by atoms with E-state index in [0.29, 0.717) is 12.8 Å². The van der Waals surface area contributed by atoms with Gasteiger partial charge in [-0.25, -0.2) is 0 Å². The van der Waals surface area contributed by atoms with Crippen LogP contribution in [0.1, 0.15) is 194 Å². The quantitative estimate of drug-likeness (QED) is 0.0291. The smallest absolute Gasteiger partial charge is 0.267 e. The molecule has 0 fully saturated rings. The highest BCUT2D eigenvalue weighted by Crippen LogP contribution is 2.14. The molecule has 0 radical (unpaired) electrons. The topological polar surface area (TPSA) is 124 Å². The standard InChI is InChI=1S/C41H77NO6S/c1-3-5-7-9-11-13-15-17-18-19-20-21-22-23-24-26-27-29-31-33-35-39(43)38(37-49(46,47)48)42-41(45)40(44)36-34-32-30-28-25-16-14-12-10-8-6-4-2/h21-22,26-27,33,35,38-40,43-44H,3-20,23-25,28-32,34,36-37H2,1-2H3,(H,42,45)(H,46,47,48)/b22-21+,27-26+,35-33+. The Hall–Kier alpha value is -1.48. The maximum atomic E-state index is 12.5. The van der Waals surface area contributed by atoms with E-state index in [1.807, 2.05) is 0 Å². The van der Waals surface area contributed by atoms with E-state index in [2.05, 4.69) is 43.5 Å². The second-order valence-electron chi connectivity index (χ2n) is 14.0. The predicted octanol–water partition coefficient (Wildman–Crippen LogP) is 10.7. The lowest BCUT2D eigenvalue weighted by Crippen LogP contribution is -2.50. The van der Waals surface area contributed by atoms with Crippen molar-refractivity contribution in [2.75, 3.05) is 5.75 Å². The van der Waals surface area contributed by atoms with Crippen LogP contribution in [0.2, 0.25) is 0 Å². The lowest BCUT2D eigenvalue weighted by molar-refractivity contribution is -0.130. The van der Waals surface area contributed by atoms with Crippen LogP contribution in [0.25, 0.3) is 0 Å². The summed E-state index contributed by atoms with van der Waals surface area (Å²) in [6.07, 6.45) is 42.0. The van der Waals surface area contributed by atoms with Crippen molar-refractivity contribution < 1.29 is 28.0 Å². The molecule has 0 saturated heterocycles. The van der Waals surface area contributed by atoms with E-state index in [4.69, 9.17) is 0 Å². The first-order valence-electron chi connectivity index (χ1n) is 20.3. The van der Waals surface area contributed by atoms with E-state index in [9.17, 15) is 28.0 Å². The van der Waals surface area contributed by atoms with Crippen molar-refractivity contribution in [2.45, 2.75) is 212 Å². The van der Waals surface area contributed by atoms with E-state index in [1.165, 1.54) is 122 Å². The molecular weight excluding hydrogens is 635 g/mol. The zero-order valence-electron chi connectivity index (χ0n) is 31.7. The third-order valence-electron chi connectivity index (χ3n) is 9.15. The minimum atomic E-state index is -4.45. The molecule has 0 aliphatic carbocycles. The number of allylic oxidation sites excluding steroid dienone is 5. The van der Waals surface area contributed by atoms with Crippen molar-refractivity contribution in [1.29, 1.82) is 0 Å². The van der Waals surface area contributed by atoms with Gasteiger partial charge < -0.3 is 15.5 Å². The van der Waals surface area contributed by atoms with Crippen LogP contribution in [0.5, 0.6) is 0 Å². The summed E-state index contributed by atoms with van der Waals surface area (Å²) in [6.45, 7) is 4.49. The molecule has 0 aliphatic rings. The van der Waals surface area contributed by atoms with Gasteiger partial charge >= 0.3 is 0 Å². The first-order chi connectivity index (χ1) is 23.7. The Kier molecular flexibility index (Phi) is 33.9. The highest BCUT2D eigenvalue weighted by molar-refractivity contribution is 7.85. The monoisotopic (exact) mass is 712 g/mol. The normalized spacial score (nSPS) is 14.3. The molecule has 0 bridgehead atoms. The van der Waals surface area contributed by atoms with Crippen LogP contribution in [0.4, 0.5) is 0 Å². The molecule has 0 rings (SSSR count). The first-order valence-corrected chi connectivity index (χ1v) is 21.9. The highest BCUT2D eigenvalue weighted by Gasteiger charge is 2.27. The number of hydrogen-bond acceptors (Lipinski definition) is 5. The van der Waals surface area contributed by atoms with Crippen molar-refractivity contribution in [3.8, 4) is 0 Å². The second-order valence-corrected chi connectivity index (χ2v) is 15.5. The maximum absolute atomic E-state index is 12.5. The molecule has 0 aromatic rings. The highest BCUT2D eigenvalue weighted by atomic mass is 32.2. The number of aliphatic hydroxyl groups excluding tert-OH is 2. The Labute approximate surface area is 302 Å². The van der Waals surface area contributed by atoms with Gasteiger partial charge in [0.2, 0.25) is 5.91 Å². The number of hydrogen-bond donors (Lipinski definition) is 4. The molecular formula is C41H77NO6S. The summed E-state index contributed by atoms with van der Waals surface area (Å²) in [5, 5.41) is 23.3. The average Bonchev–Trinajstić information content (AvgIpc) is 3.06. The summed E-state index contributed by atoms with van der Waals surface area (Å²) in [4.78, 5) is 12.5. The summed E-state index contributed by atoms with van der Waals surface area (Å²) in [6, 6.07) is -1.25. The molecule has 3 atom stereocenters. The fourth-order valence-corrected chi connectivity index (χ4v) is 6.75. The molecule has 8 heteroatoms. The number of nitrogens with one attached hydrogen (secondary N) is 1. The number of carbonyl (C=O) groups is 1. The molecule has 288 valence electrons. The van der Waals surface area contributed by atoms with Crippen LogP contribution in [-0.2, 0) is 14.9 Å². The van der Waals surface area contributed by atoms with Gasteiger partial charge in [0.05, 0.1) is 17.9 Å². The lowest BCUT2D eigenvalue weighted by Gasteiger charge is -2.22. The second kappa shape index (κ2) is 34.9. The predicted molar refractivity (Wildman–Crippen MR) is 208 cm³/mol. The summed E-state index contributed by atoms with van der Waals surface area (Å²) in [5.74, 6) is -1.56. The minimum absolute atomic E-state index is 0.273. The van der Waals surface area contributed by atoms with Gasteiger partial charge in [-0.05, 0) is 44.9 Å². The lowest BCUT2D eigenvalue weighted by atomic mass is 10.0. The zero-order valence-corrected chi connectivity index (χ0v) is 32.5. The molecule has 1 amide bonds. The summed E-state index contributed by atoms with van der Waals surface area (Å²) < 4.78 is 32.5. The fourth-order valence-electron chi connectivity index (χ4n) is 6.02. The molecule has 0 heterocycles. The SMILES string of the molecule is CCCCCCCCCCCC/C=C/CC/C=C/CC/C=C/C(O)C(CS(=O)(=O)O)NC(=O)C(O)CCCCCCCCCCCCCC. The summed E-state index contributed by atoms with van der Waals surface area (Å²) in [5.41, 5.74) is 0. The Morgan fingerprint density at radius 1 is 0.551 bits per heavy atom. The van der Waals surface area contributed by atoms with E-state index in [0.717, 1.165) is 44.9 Å². The van der Waals surface area contributed by atoms with Gasteiger partial charge in [0.15, 0.2) is 0 Å². The Morgan fingerprint density at radius 3 is 1.35 bits per heavy atom. The Balaban J connectivity index is 4.12. The first kappa shape index (κ1) is 47.5. The van der Waals surface area contributed by atoms with E-state index >= 15 is 0 Å². The van der Waals surface area contributed by atoms with Crippen LogP contribution in [0.3, 0.4) is 0 Å². The molecule has 4 N–H and O–H groups in total.